The summed E-state index contributed by atoms with van der Waals surface area (Å²) in [7, 11) is 0. The summed E-state index contributed by atoms with van der Waals surface area (Å²) < 4.78 is 5.71. The van der Waals surface area contributed by atoms with Gasteiger partial charge in [-0.25, -0.2) is 9.78 Å². The van der Waals surface area contributed by atoms with Crippen LogP contribution in [0.3, 0.4) is 0 Å². The Bertz CT molecular complexity index is 1420. The number of aromatic nitrogens is 1. The number of fused-ring (bicyclic) bond motifs is 1. The summed E-state index contributed by atoms with van der Waals surface area (Å²) in [4.78, 5) is 44.8. The second kappa shape index (κ2) is 9.84. The van der Waals surface area contributed by atoms with Gasteiger partial charge in [-0.2, -0.15) is 0 Å². The molecule has 0 saturated heterocycles. The van der Waals surface area contributed by atoms with Crippen LogP contribution >= 0.6 is 0 Å². The number of Topliss-reactive ketones (excluding diaryl/α,β-unsaturated/α-hetero) is 1. The molecule has 39 heavy (non-hydrogen) atoms. The molecule has 3 aromatic rings. The normalized spacial score (nSPS) is 16.1. The van der Waals surface area contributed by atoms with E-state index in [-0.39, 0.29) is 24.8 Å². The number of carbonyl (C=O) groups excluding carboxylic acids is 2. The SMILES string of the molecule is CC(=O)CN1C(=O)COc2nc(-c3ccc(C4(N(C(=O)O)C(C)(C)C)CCC4)cc3)c(-c3ccccc3)cc21. The smallest absolute Gasteiger partial charge is 0.408 e. The zero-order valence-electron chi connectivity index (χ0n) is 22.7. The lowest BCUT2D eigenvalue weighted by atomic mass is 9.69. The average molecular weight is 528 g/mol. The Labute approximate surface area is 228 Å². The maximum absolute atomic E-state index is 12.6. The summed E-state index contributed by atoms with van der Waals surface area (Å²) in [6.07, 6.45) is 1.60. The Kier molecular flexibility index (Phi) is 6.66. The first kappa shape index (κ1) is 26.4. The largest absolute Gasteiger partial charge is 0.466 e. The number of nitrogens with zero attached hydrogens (tertiary/aromatic N) is 3. The molecule has 0 unspecified atom stereocenters. The minimum Gasteiger partial charge on any atom is -0.466 e. The zero-order valence-corrected chi connectivity index (χ0v) is 22.7. The van der Waals surface area contributed by atoms with Crippen LogP contribution < -0.4 is 9.64 Å². The summed E-state index contributed by atoms with van der Waals surface area (Å²) in [6.45, 7) is 7.01. The fourth-order valence-corrected chi connectivity index (χ4v) is 5.79. The highest BCUT2D eigenvalue weighted by molar-refractivity contribution is 6.03. The molecule has 1 fully saturated rings. The molecule has 1 saturated carbocycles. The van der Waals surface area contributed by atoms with Gasteiger partial charge >= 0.3 is 6.09 Å². The van der Waals surface area contributed by atoms with Crippen LogP contribution in [0.2, 0.25) is 0 Å². The van der Waals surface area contributed by atoms with Gasteiger partial charge in [0, 0.05) is 16.7 Å². The minimum atomic E-state index is -0.921. The Hall–Kier alpha value is -4.20. The molecule has 2 aliphatic rings. The van der Waals surface area contributed by atoms with Gasteiger partial charge < -0.3 is 9.84 Å². The lowest BCUT2D eigenvalue weighted by Gasteiger charge is -2.54. The molecule has 0 radical (unpaired) electrons. The molecule has 1 N–H and O–H groups in total. The Morgan fingerprint density at radius 3 is 2.26 bits per heavy atom. The van der Waals surface area contributed by atoms with E-state index < -0.39 is 17.2 Å². The third-order valence-corrected chi connectivity index (χ3v) is 7.52. The Morgan fingerprint density at radius 2 is 1.72 bits per heavy atom. The second-order valence-corrected chi connectivity index (χ2v) is 11.3. The van der Waals surface area contributed by atoms with Crippen LogP contribution in [0, 0.1) is 0 Å². The zero-order chi connectivity index (χ0) is 27.9. The van der Waals surface area contributed by atoms with Gasteiger partial charge in [0.15, 0.2) is 6.61 Å². The van der Waals surface area contributed by atoms with Crippen molar-refractivity contribution in [1.82, 2.24) is 9.88 Å². The van der Waals surface area contributed by atoms with Crippen LogP contribution in [0.25, 0.3) is 22.4 Å². The van der Waals surface area contributed by atoms with Crippen molar-refractivity contribution in [3.63, 3.8) is 0 Å². The summed E-state index contributed by atoms with van der Waals surface area (Å²) in [5.41, 5.74) is 3.54. The van der Waals surface area contributed by atoms with Crippen molar-refractivity contribution >= 4 is 23.5 Å². The highest BCUT2D eigenvalue weighted by atomic mass is 16.5. The van der Waals surface area contributed by atoms with Crippen LogP contribution in [0.4, 0.5) is 10.5 Å². The highest BCUT2D eigenvalue weighted by Gasteiger charge is 2.50. The van der Waals surface area contributed by atoms with E-state index in [9.17, 15) is 19.5 Å². The number of amides is 2. The van der Waals surface area contributed by atoms with E-state index in [0.717, 1.165) is 41.5 Å². The van der Waals surface area contributed by atoms with Gasteiger partial charge in [0.2, 0.25) is 5.88 Å². The van der Waals surface area contributed by atoms with Crippen molar-refractivity contribution in [2.45, 2.75) is 58.0 Å². The number of hydrogen-bond acceptors (Lipinski definition) is 5. The van der Waals surface area contributed by atoms with Gasteiger partial charge in [-0.05, 0) is 64.2 Å². The number of carbonyl (C=O) groups is 3. The lowest BCUT2D eigenvalue weighted by Crippen LogP contribution is -2.60. The van der Waals surface area contributed by atoms with Crippen molar-refractivity contribution in [2.75, 3.05) is 18.1 Å². The van der Waals surface area contributed by atoms with Gasteiger partial charge in [0.1, 0.15) is 11.5 Å². The number of benzene rings is 2. The summed E-state index contributed by atoms with van der Waals surface area (Å²) in [5, 5.41) is 10.1. The molecule has 8 nitrogen and oxygen atoms in total. The Balaban J connectivity index is 1.61. The number of pyridine rings is 1. The van der Waals surface area contributed by atoms with Crippen LogP contribution in [-0.4, -0.2) is 51.5 Å². The predicted molar refractivity (Wildman–Crippen MR) is 149 cm³/mol. The highest BCUT2D eigenvalue weighted by Crippen LogP contribution is 2.50. The molecule has 0 bridgehead atoms. The van der Waals surface area contributed by atoms with Gasteiger partial charge in [-0.1, -0.05) is 54.6 Å². The predicted octanol–water partition coefficient (Wildman–Crippen LogP) is 5.89. The molecule has 0 spiro atoms. The molecule has 2 amide bonds. The molecular weight excluding hydrogens is 494 g/mol. The third-order valence-electron chi connectivity index (χ3n) is 7.52. The summed E-state index contributed by atoms with van der Waals surface area (Å²) in [5.74, 6) is -0.120. The van der Waals surface area contributed by atoms with Crippen LogP contribution in [0.5, 0.6) is 5.88 Å². The van der Waals surface area contributed by atoms with Crippen LogP contribution in [0.15, 0.2) is 60.7 Å². The van der Waals surface area contributed by atoms with Crippen molar-refractivity contribution in [3.8, 4) is 28.3 Å². The lowest BCUT2D eigenvalue weighted by molar-refractivity contribution is -0.124. The van der Waals surface area contributed by atoms with Gasteiger partial charge in [0.05, 0.1) is 17.8 Å². The monoisotopic (exact) mass is 527 g/mol. The molecule has 0 atom stereocenters. The Morgan fingerprint density at radius 1 is 1.05 bits per heavy atom. The van der Waals surface area contributed by atoms with Crippen molar-refractivity contribution in [1.29, 1.82) is 0 Å². The molecule has 1 aliphatic heterocycles. The fraction of sp³-hybridized carbons (Fsp3) is 0.355. The average Bonchev–Trinajstić information content (AvgIpc) is 2.86. The van der Waals surface area contributed by atoms with E-state index in [1.165, 1.54) is 11.8 Å². The van der Waals surface area contributed by atoms with Crippen molar-refractivity contribution < 1.29 is 24.2 Å². The van der Waals surface area contributed by atoms with Crippen LogP contribution in [0.1, 0.15) is 52.5 Å². The maximum atomic E-state index is 12.6. The first-order valence-corrected chi connectivity index (χ1v) is 13.2. The van der Waals surface area contributed by atoms with E-state index in [1.54, 1.807) is 4.90 Å². The number of rotatable bonds is 6. The van der Waals surface area contributed by atoms with Crippen molar-refractivity contribution in [2.24, 2.45) is 0 Å². The summed E-state index contributed by atoms with van der Waals surface area (Å²) in [6, 6.07) is 19.5. The standard InChI is InChI=1S/C31H33N3O5/c1-20(35)18-33-25-17-24(21-9-6-5-7-10-21)27(32-28(25)39-19-26(33)36)22-11-13-23(14-12-22)31(15-8-16-31)34(29(37)38)30(2,3)4/h5-7,9-14,17H,8,15-16,18-19H2,1-4H3,(H,37,38). The first-order chi connectivity index (χ1) is 18.5. The number of ketones is 1. The molecule has 1 aliphatic carbocycles. The van der Waals surface area contributed by atoms with Gasteiger partial charge in [-0.15, -0.1) is 0 Å². The maximum Gasteiger partial charge on any atom is 0.408 e. The number of ether oxygens (including phenoxy) is 1. The number of carboxylic acid groups (broad SMARTS) is 1. The first-order valence-electron chi connectivity index (χ1n) is 13.2. The summed E-state index contributed by atoms with van der Waals surface area (Å²) >= 11 is 0. The fourth-order valence-electron chi connectivity index (χ4n) is 5.79. The van der Waals surface area contributed by atoms with E-state index in [4.69, 9.17) is 9.72 Å². The van der Waals surface area contributed by atoms with Crippen molar-refractivity contribution in [3.05, 3.63) is 66.2 Å². The quantitative estimate of drug-likeness (QED) is 0.429. The number of hydrogen-bond donors (Lipinski definition) is 1. The minimum absolute atomic E-state index is 0.0465. The molecule has 8 heteroatoms. The second-order valence-electron chi connectivity index (χ2n) is 11.3. The van der Waals surface area contributed by atoms with Gasteiger partial charge in [0.25, 0.3) is 5.91 Å². The molecule has 2 aromatic carbocycles. The molecule has 202 valence electrons. The van der Waals surface area contributed by atoms with E-state index in [2.05, 4.69) is 0 Å². The topological polar surface area (TPSA) is 100 Å². The molecular formula is C31H33N3O5. The van der Waals surface area contributed by atoms with Gasteiger partial charge in [-0.3, -0.25) is 19.4 Å². The molecule has 2 heterocycles. The van der Waals surface area contributed by atoms with E-state index in [0.29, 0.717) is 17.3 Å². The van der Waals surface area contributed by atoms with Crippen LogP contribution in [-0.2, 0) is 15.1 Å². The third kappa shape index (κ3) is 4.75. The van der Waals surface area contributed by atoms with E-state index >= 15 is 0 Å². The molecule has 5 rings (SSSR count). The molecule has 1 aromatic heterocycles. The number of anilines is 1. The van der Waals surface area contributed by atoms with E-state index in [1.807, 2.05) is 81.4 Å².